The lowest BCUT2D eigenvalue weighted by Gasteiger charge is -2.15. The van der Waals surface area contributed by atoms with Gasteiger partial charge in [-0.1, -0.05) is 29.3 Å². The minimum atomic E-state index is -5.03. The minimum Gasteiger partial charge on any atom is -0.449 e. The van der Waals surface area contributed by atoms with E-state index in [4.69, 9.17) is 25.5 Å². The van der Waals surface area contributed by atoms with Crippen LogP contribution in [0.25, 0.3) is 11.0 Å². The third-order valence-corrected chi connectivity index (χ3v) is 5.80. The lowest BCUT2D eigenvalue weighted by atomic mass is 10.1. The first-order valence-electron chi connectivity index (χ1n) is 10.4. The second kappa shape index (κ2) is 9.11. The Bertz CT molecular complexity index is 1480. The molecule has 1 heterocycles. The van der Waals surface area contributed by atoms with E-state index in [0.717, 1.165) is 11.6 Å². The molecule has 0 N–H and O–H groups in total. The smallest absolute Gasteiger partial charge is 0.449 e. The van der Waals surface area contributed by atoms with Gasteiger partial charge in [-0.2, -0.15) is 13.2 Å². The van der Waals surface area contributed by atoms with Gasteiger partial charge in [-0.3, -0.25) is 4.79 Å². The molecule has 0 bridgehead atoms. The molecule has 0 saturated heterocycles. The van der Waals surface area contributed by atoms with Crippen molar-refractivity contribution in [2.75, 3.05) is 0 Å². The molecule has 0 saturated carbocycles. The van der Waals surface area contributed by atoms with Crippen molar-refractivity contribution in [1.29, 1.82) is 0 Å². The van der Waals surface area contributed by atoms with Crippen LogP contribution in [0.15, 0.2) is 63.8 Å². The lowest BCUT2D eigenvalue weighted by Crippen LogP contribution is -2.16. The molecule has 4 aromatic rings. The highest BCUT2D eigenvalue weighted by Crippen LogP contribution is 2.39. The third-order valence-electron chi connectivity index (χ3n) is 5.21. The van der Waals surface area contributed by atoms with Gasteiger partial charge in [0.1, 0.15) is 17.1 Å². The number of halogens is 4. The quantitative estimate of drug-likeness (QED) is 0.215. The number of alkyl halides is 3. The van der Waals surface area contributed by atoms with E-state index in [1.165, 1.54) is 24.3 Å². The maximum absolute atomic E-state index is 13.8. The van der Waals surface area contributed by atoms with Gasteiger partial charge in [-0.15, -0.1) is 0 Å². The van der Waals surface area contributed by atoms with Crippen LogP contribution < -0.4 is 14.9 Å². The van der Waals surface area contributed by atoms with Crippen molar-refractivity contribution in [3.63, 3.8) is 0 Å². The van der Waals surface area contributed by atoms with Crippen molar-refractivity contribution in [1.82, 2.24) is 0 Å². The highest BCUT2D eigenvalue weighted by atomic mass is 35.5. The number of benzene rings is 3. The molecule has 9 heteroatoms. The molecular formula is C26H18ClF3O5. The van der Waals surface area contributed by atoms with Gasteiger partial charge in [-0.25, -0.2) is 4.79 Å². The summed E-state index contributed by atoms with van der Waals surface area (Å²) in [5.41, 5.74) is 0.898. The Kier molecular flexibility index (Phi) is 6.34. The average Bonchev–Trinajstić information content (AvgIpc) is 2.78. The van der Waals surface area contributed by atoms with Gasteiger partial charge in [0.2, 0.25) is 11.2 Å². The molecule has 0 radical (unpaired) electrons. The molecule has 0 aliphatic heterocycles. The first-order valence-corrected chi connectivity index (χ1v) is 10.7. The normalized spacial score (nSPS) is 11.5. The van der Waals surface area contributed by atoms with E-state index in [1.54, 1.807) is 38.1 Å². The number of carbonyl (C=O) groups is 1. The molecule has 0 atom stereocenters. The summed E-state index contributed by atoms with van der Waals surface area (Å²) in [7, 11) is 0. The fourth-order valence-corrected chi connectivity index (χ4v) is 3.55. The second-order valence-corrected chi connectivity index (χ2v) is 8.35. The second-order valence-electron chi connectivity index (χ2n) is 7.97. The minimum absolute atomic E-state index is 0.00481. The Labute approximate surface area is 202 Å². The average molecular weight is 503 g/mol. The van der Waals surface area contributed by atoms with Crippen molar-refractivity contribution in [3.05, 3.63) is 97.9 Å². The van der Waals surface area contributed by atoms with Gasteiger partial charge < -0.3 is 13.9 Å². The van der Waals surface area contributed by atoms with Crippen molar-refractivity contribution >= 4 is 28.5 Å². The number of fused-ring (bicyclic) bond motifs is 1. The Morgan fingerprint density at radius 2 is 1.54 bits per heavy atom. The van der Waals surface area contributed by atoms with Crippen molar-refractivity contribution < 1.29 is 31.9 Å². The number of hydrogen-bond donors (Lipinski definition) is 0. The molecule has 35 heavy (non-hydrogen) atoms. The van der Waals surface area contributed by atoms with E-state index in [0.29, 0.717) is 16.1 Å². The molecule has 0 amide bonds. The summed E-state index contributed by atoms with van der Waals surface area (Å²) in [6.45, 7) is 5.18. The predicted octanol–water partition coefficient (Wildman–Crippen LogP) is 7.40. The zero-order valence-electron chi connectivity index (χ0n) is 18.7. The van der Waals surface area contributed by atoms with E-state index in [-0.39, 0.29) is 22.4 Å². The Balaban J connectivity index is 1.76. The van der Waals surface area contributed by atoms with E-state index < -0.39 is 34.7 Å². The van der Waals surface area contributed by atoms with E-state index in [9.17, 15) is 22.8 Å². The van der Waals surface area contributed by atoms with Crippen molar-refractivity contribution in [2.45, 2.75) is 26.9 Å². The molecule has 0 aliphatic carbocycles. The molecule has 0 aliphatic rings. The third kappa shape index (κ3) is 5.02. The number of rotatable bonds is 4. The van der Waals surface area contributed by atoms with Crippen LogP contribution in [0.2, 0.25) is 5.02 Å². The van der Waals surface area contributed by atoms with E-state index >= 15 is 0 Å². The number of carbonyl (C=O) groups excluding carboxylic acids is 1. The highest BCUT2D eigenvalue weighted by Gasteiger charge is 2.40. The fourth-order valence-electron chi connectivity index (χ4n) is 3.44. The number of aryl methyl sites for hydroxylation is 3. The fraction of sp³-hybridized carbons (Fsp3) is 0.154. The molecule has 0 unspecified atom stereocenters. The molecular weight excluding hydrogens is 485 g/mol. The molecule has 0 fully saturated rings. The zero-order chi connectivity index (χ0) is 25.5. The van der Waals surface area contributed by atoms with Gasteiger partial charge in [-0.05, 0) is 68.3 Å². The summed E-state index contributed by atoms with van der Waals surface area (Å²) in [6, 6.07) is 13.0. The molecule has 0 spiro atoms. The number of esters is 1. The summed E-state index contributed by atoms with van der Waals surface area (Å²) in [5.74, 6) is -3.41. The van der Waals surface area contributed by atoms with Crippen LogP contribution in [-0.4, -0.2) is 5.97 Å². The van der Waals surface area contributed by atoms with E-state index in [2.05, 4.69) is 0 Å². The van der Waals surface area contributed by atoms with Crippen LogP contribution in [-0.2, 0) is 6.18 Å². The van der Waals surface area contributed by atoms with Gasteiger partial charge in [0.25, 0.3) is 5.76 Å². The first-order chi connectivity index (χ1) is 16.4. The van der Waals surface area contributed by atoms with E-state index in [1.807, 2.05) is 6.92 Å². The largest absolute Gasteiger partial charge is 0.453 e. The standard InChI is InChI=1S/C26H18ClF3O5/c1-13-4-6-16(7-5-13)25(32)34-17-8-9-19-20(12-17)35-24(26(28,29)30)23(22(19)31)33-18-10-14(2)21(27)15(3)11-18/h4-12H,1-3H3. The topological polar surface area (TPSA) is 65.7 Å². The SMILES string of the molecule is Cc1ccc(C(=O)Oc2ccc3c(=O)c(Oc4cc(C)c(Cl)c(C)c4)c(C(F)(F)F)oc3c2)cc1. The highest BCUT2D eigenvalue weighted by molar-refractivity contribution is 6.32. The lowest BCUT2D eigenvalue weighted by molar-refractivity contribution is -0.154. The van der Waals surface area contributed by atoms with Crippen LogP contribution in [0.3, 0.4) is 0 Å². The monoisotopic (exact) mass is 502 g/mol. The molecule has 3 aromatic carbocycles. The summed E-state index contributed by atoms with van der Waals surface area (Å²) in [6.07, 6.45) is -5.03. The summed E-state index contributed by atoms with van der Waals surface area (Å²) in [4.78, 5) is 25.4. The molecule has 5 nitrogen and oxygen atoms in total. The van der Waals surface area contributed by atoms with Crippen molar-refractivity contribution in [2.24, 2.45) is 0 Å². The van der Waals surface area contributed by atoms with Gasteiger partial charge in [0.15, 0.2) is 0 Å². The summed E-state index contributed by atoms with van der Waals surface area (Å²) < 4.78 is 57.2. The Hall–Kier alpha value is -3.78. The summed E-state index contributed by atoms with van der Waals surface area (Å²) in [5, 5.41) is 0.261. The van der Waals surface area contributed by atoms with Gasteiger partial charge in [0.05, 0.1) is 10.9 Å². The van der Waals surface area contributed by atoms with Crippen LogP contribution in [0.4, 0.5) is 13.2 Å². The van der Waals surface area contributed by atoms with Crippen LogP contribution in [0.1, 0.15) is 32.8 Å². The van der Waals surface area contributed by atoms with Gasteiger partial charge >= 0.3 is 12.1 Å². The van der Waals surface area contributed by atoms with Crippen LogP contribution in [0.5, 0.6) is 17.2 Å². The van der Waals surface area contributed by atoms with Crippen LogP contribution in [0, 0.1) is 20.8 Å². The maximum atomic E-state index is 13.8. The first kappa shape index (κ1) is 24.3. The Morgan fingerprint density at radius 3 is 2.14 bits per heavy atom. The van der Waals surface area contributed by atoms with Crippen LogP contribution >= 0.6 is 11.6 Å². The number of ether oxygens (including phenoxy) is 2. The molecule has 1 aromatic heterocycles. The predicted molar refractivity (Wildman–Crippen MR) is 125 cm³/mol. The number of hydrogen-bond acceptors (Lipinski definition) is 5. The molecule has 4 rings (SSSR count). The van der Waals surface area contributed by atoms with Gasteiger partial charge in [0, 0.05) is 11.1 Å². The Morgan fingerprint density at radius 1 is 0.914 bits per heavy atom. The zero-order valence-corrected chi connectivity index (χ0v) is 19.5. The summed E-state index contributed by atoms with van der Waals surface area (Å²) >= 11 is 6.11. The maximum Gasteiger partial charge on any atom is 0.453 e. The van der Waals surface area contributed by atoms with Crippen molar-refractivity contribution in [3.8, 4) is 17.2 Å². The molecule has 180 valence electrons.